The van der Waals surface area contributed by atoms with Crippen LogP contribution in [0.4, 0.5) is 11.6 Å². The van der Waals surface area contributed by atoms with E-state index in [4.69, 9.17) is 5.73 Å². The topological polar surface area (TPSA) is 63.8 Å². The van der Waals surface area contributed by atoms with Gasteiger partial charge in [0, 0.05) is 6.54 Å². The predicted molar refractivity (Wildman–Crippen MR) is 56.8 cm³/mol. The van der Waals surface area contributed by atoms with Gasteiger partial charge in [-0.25, -0.2) is 0 Å². The molecule has 1 aromatic rings. The van der Waals surface area contributed by atoms with Crippen molar-refractivity contribution in [3.8, 4) is 0 Å². The van der Waals surface area contributed by atoms with E-state index >= 15 is 0 Å². The van der Waals surface area contributed by atoms with Gasteiger partial charge in [-0.2, -0.15) is 0 Å². The third-order valence-electron chi connectivity index (χ3n) is 2.72. The maximum atomic E-state index is 5.44. The van der Waals surface area contributed by atoms with Crippen LogP contribution in [0.1, 0.15) is 19.8 Å². The number of hydrogen-bond donors (Lipinski definition) is 2. The molecule has 14 heavy (non-hydrogen) atoms. The van der Waals surface area contributed by atoms with Crippen molar-refractivity contribution in [2.24, 2.45) is 11.8 Å². The minimum Gasteiger partial charge on any atom is -0.382 e. The number of rotatable bonds is 4. The fourth-order valence-electron chi connectivity index (χ4n) is 1.53. The fraction of sp³-hybridized carbons (Fsp3) is 0.600. The molecule has 1 heterocycles. The Morgan fingerprint density at radius 3 is 2.86 bits per heavy atom. The van der Waals surface area contributed by atoms with E-state index in [1.807, 2.05) is 6.07 Å². The number of nitrogens with one attached hydrogen (secondary N) is 1. The van der Waals surface area contributed by atoms with E-state index in [0.29, 0.717) is 5.82 Å². The summed E-state index contributed by atoms with van der Waals surface area (Å²) in [5.74, 6) is 2.93. The van der Waals surface area contributed by atoms with Gasteiger partial charge in [0.05, 0.1) is 0 Å². The van der Waals surface area contributed by atoms with E-state index in [-0.39, 0.29) is 0 Å². The number of aromatic nitrogens is 2. The molecule has 0 radical (unpaired) electrons. The molecule has 3 N–H and O–H groups in total. The SMILES string of the molecule is CC(CNc1ccc(N)nn1)C1CC1. The van der Waals surface area contributed by atoms with E-state index < -0.39 is 0 Å². The summed E-state index contributed by atoms with van der Waals surface area (Å²) in [6, 6.07) is 3.62. The van der Waals surface area contributed by atoms with E-state index in [1.165, 1.54) is 12.8 Å². The Labute approximate surface area is 83.9 Å². The average molecular weight is 192 g/mol. The number of nitrogen functional groups attached to an aromatic ring is 1. The van der Waals surface area contributed by atoms with Crippen molar-refractivity contribution in [3.05, 3.63) is 12.1 Å². The van der Waals surface area contributed by atoms with Gasteiger partial charge in [-0.3, -0.25) is 0 Å². The molecule has 1 fully saturated rings. The molecule has 1 aliphatic rings. The van der Waals surface area contributed by atoms with Crippen molar-refractivity contribution >= 4 is 11.6 Å². The lowest BCUT2D eigenvalue weighted by molar-refractivity contribution is 0.535. The Bertz CT molecular complexity index is 291. The van der Waals surface area contributed by atoms with Crippen LogP contribution < -0.4 is 11.1 Å². The minimum absolute atomic E-state index is 0.464. The molecule has 1 aliphatic carbocycles. The monoisotopic (exact) mass is 192 g/mol. The summed E-state index contributed by atoms with van der Waals surface area (Å²) in [6.45, 7) is 3.25. The van der Waals surface area contributed by atoms with Gasteiger partial charge in [0.15, 0.2) is 0 Å². The molecule has 76 valence electrons. The van der Waals surface area contributed by atoms with E-state index in [2.05, 4.69) is 22.4 Å². The molecule has 4 nitrogen and oxygen atoms in total. The quantitative estimate of drug-likeness (QED) is 0.759. The Morgan fingerprint density at radius 1 is 1.50 bits per heavy atom. The van der Waals surface area contributed by atoms with Crippen molar-refractivity contribution in [1.82, 2.24) is 10.2 Å². The van der Waals surface area contributed by atoms with Crippen LogP contribution in [-0.4, -0.2) is 16.7 Å². The smallest absolute Gasteiger partial charge is 0.148 e. The van der Waals surface area contributed by atoms with Crippen LogP contribution in [0, 0.1) is 11.8 Å². The van der Waals surface area contributed by atoms with Crippen LogP contribution in [0.5, 0.6) is 0 Å². The van der Waals surface area contributed by atoms with Gasteiger partial charge in [-0.1, -0.05) is 6.92 Å². The van der Waals surface area contributed by atoms with Crippen LogP contribution in [-0.2, 0) is 0 Å². The summed E-state index contributed by atoms with van der Waals surface area (Å²) < 4.78 is 0. The summed E-state index contributed by atoms with van der Waals surface area (Å²) in [5, 5.41) is 11.0. The number of hydrogen-bond acceptors (Lipinski definition) is 4. The largest absolute Gasteiger partial charge is 0.382 e. The standard InChI is InChI=1S/C10H16N4/c1-7(8-2-3-8)6-12-10-5-4-9(11)13-14-10/h4-5,7-8H,2-3,6H2,1H3,(H2,11,13)(H,12,14). The highest BCUT2D eigenvalue weighted by molar-refractivity contribution is 5.38. The first-order chi connectivity index (χ1) is 6.75. The van der Waals surface area contributed by atoms with Gasteiger partial charge in [0.2, 0.25) is 0 Å². The van der Waals surface area contributed by atoms with Crippen LogP contribution in [0.15, 0.2) is 12.1 Å². The molecule has 1 aromatic heterocycles. The van der Waals surface area contributed by atoms with Crippen LogP contribution in [0.25, 0.3) is 0 Å². The highest BCUT2D eigenvalue weighted by Crippen LogP contribution is 2.36. The zero-order valence-electron chi connectivity index (χ0n) is 8.40. The van der Waals surface area contributed by atoms with Gasteiger partial charge in [0.1, 0.15) is 11.6 Å². The molecule has 0 amide bonds. The van der Waals surface area contributed by atoms with Crippen LogP contribution in [0.2, 0.25) is 0 Å². The summed E-state index contributed by atoms with van der Waals surface area (Å²) >= 11 is 0. The molecular weight excluding hydrogens is 176 g/mol. The van der Waals surface area contributed by atoms with Crippen molar-refractivity contribution in [1.29, 1.82) is 0 Å². The first kappa shape index (κ1) is 9.24. The second kappa shape index (κ2) is 3.82. The average Bonchev–Trinajstić information content (AvgIpc) is 3.00. The lowest BCUT2D eigenvalue weighted by Crippen LogP contribution is -2.14. The molecule has 4 heteroatoms. The lowest BCUT2D eigenvalue weighted by Gasteiger charge is -2.11. The normalized spacial score (nSPS) is 17.8. The third-order valence-corrected chi connectivity index (χ3v) is 2.72. The van der Waals surface area contributed by atoms with Crippen molar-refractivity contribution in [2.75, 3.05) is 17.6 Å². The van der Waals surface area contributed by atoms with Gasteiger partial charge in [0.25, 0.3) is 0 Å². The van der Waals surface area contributed by atoms with Gasteiger partial charge in [-0.15, -0.1) is 10.2 Å². The zero-order chi connectivity index (χ0) is 9.97. The molecule has 0 aliphatic heterocycles. The molecule has 2 rings (SSSR count). The van der Waals surface area contributed by atoms with E-state index in [0.717, 1.165) is 24.2 Å². The minimum atomic E-state index is 0.464. The Balaban J connectivity index is 1.82. The molecule has 1 unspecified atom stereocenters. The molecule has 0 spiro atoms. The van der Waals surface area contributed by atoms with Crippen molar-refractivity contribution < 1.29 is 0 Å². The van der Waals surface area contributed by atoms with E-state index in [1.54, 1.807) is 6.07 Å². The molecular formula is C10H16N4. The molecule has 0 saturated heterocycles. The zero-order valence-corrected chi connectivity index (χ0v) is 8.40. The van der Waals surface area contributed by atoms with Crippen LogP contribution >= 0.6 is 0 Å². The summed E-state index contributed by atoms with van der Waals surface area (Å²) in [7, 11) is 0. The number of nitrogens with zero attached hydrogens (tertiary/aromatic N) is 2. The van der Waals surface area contributed by atoms with Crippen molar-refractivity contribution in [2.45, 2.75) is 19.8 Å². The maximum absolute atomic E-state index is 5.44. The first-order valence-electron chi connectivity index (χ1n) is 5.09. The van der Waals surface area contributed by atoms with Crippen LogP contribution in [0.3, 0.4) is 0 Å². The molecule has 0 bridgehead atoms. The second-order valence-electron chi connectivity index (χ2n) is 4.04. The fourth-order valence-corrected chi connectivity index (χ4v) is 1.53. The van der Waals surface area contributed by atoms with E-state index in [9.17, 15) is 0 Å². The summed E-state index contributed by atoms with van der Waals surface area (Å²) in [4.78, 5) is 0. The van der Waals surface area contributed by atoms with Gasteiger partial charge in [-0.05, 0) is 36.8 Å². The predicted octanol–water partition coefficient (Wildman–Crippen LogP) is 1.52. The van der Waals surface area contributed by atoms with Gasteiger partial charge < -0.3 is 11.1 Å². The molecule has 1 saturated carbocycles. The highest BCUT2D eigenvalue weighted by Gasteiger charge is 2.27. The summed E-state index contributed by atoms with van der Waals surface area (Å²) in [5.41, 5.74) is 5.44. The Morgan fingerprint density at radius 2 is 2.29 bits per heavy atom. The highest BCUT2D eigenvalue weighted by atomic mass is 15.2. The molecule has 0 aromatic carbocycles. The van der Waals surface area contributed by atoms with Crippen molar-refractivity contribution in [3.63, 3.8) is 0 Å². The maximum Gasteiger partial charge on any atom is 0.148 e. The Kier molecular flexibility index (Phi) is 2.52. The molecule has 1 atom stereocenters. The first-order valence-corrected chi connectivity index (χ1v) is 5.09. The summed E-state index contributed by atoms with van der Waals surface area (Å²) in [6.07, 6.45) is 2.77. The number of nitrogens with two attached hydrogens (primary N) is 1. The second-order valence-corrected chi connectivity index (χ2v) is 4.04. The van der Waals surface area contributed by atoms with Gasteiger partial charge >= 0.3 is 0 Å². The Hall–Kier alpha value is -1.32. The number of anilines is 2. The third kappa shape index (κ3) is 2.34. The lowest BCUT2D eigenvalue weighted by atomic mass is 10.1.